The van der Waals surface area contributed by atoms with Gasteiger partial charge in [0.1, 0.15) is 6.17 Å². The molecule has 0 bridgehead atoms. The number of morpholine rings is 1. The topological polar surface area (TPSA) is 62.1 Å². The Kier molecular flexibility index (Phi) is 7.73. The molecule has 37 heavy (non-hydrogen) atoms. The van der Waals surface area contributed by atoms with Gasteiger partial charge in [-0.15, -0.1) is 0 Å². The summed E-state index contributed by atoms with van der Waals surface area (Å²) >= 11 is 6.22. The van der Waals surface area contributed by atoms with Crippen molar-refractivity contribution in [2.24, 2.45) is 10.9 Å². The summed E-state index contributed by atoms with van der Waals surface area (Å²) in [5.74, 6) is -0.000929. The molecular formula is C27H30ClF2N5O2. The second-order valence-corrected chi connectivity index (χ2v) is 9.99. The van der Waals surface area contributed by atoms with Gasteiger partial charge in [-0.25, -0.2) is 8.78 Å². The molecule has 2 aromatic rings. The minimum Gasteiger partial charge on any atom is -0.378 e. The fourth-order valence-corrected chi connectivity index (χ4v) is 5.33. The summed E-state index contributed by atoms with van der Waals surface area (Å²) in [6, 6.07) is 10.2. The van der Waals surface area contributed by atoms with Gasteiger partial charge in [-0.05, 0) is 48.0 Å². The molecule has 1 N–H and O–H groups in total. The highest BCUT2D eigenvalue weighted by molar-refractivity contribution is 6.30. The van der Waals surface area contributed by atoms with Gasteiger partial charge in [-0.1, -0.05) is 23.7 Å². The van der Waals surface area contributed by atoms with Crippen LogP contribution >= 0.6 is 11.6 Å². The van der Waals surface area contributed by atoms with E-state index in [1.165, 1.54) is 4.90 Å². The van der Waals surface area contributed by atoms with E-state index in [1.54, 1.807) is 42.1 Å². The second kappa shape index (κ2) is 11.2. The number of nitrogens with zero attached hydrogens (tertiary/aromatic N) is 4. The van der Waals surface area contributed by atoms with E-state index in [4.69, 9.17) is 21.3 Å². The molecule has 3 aliphatic heterocycles. The third-order valence-corrected chi connectivity index (χ3v) is 7.22. The van der Waals surface area contributed by atoms with E-state index in [2.05, 4.69) is 16.3 Å². The van der Waals surface area contributed by atoms with Crippen molar-refractivity contribution < 1.29 is 13.5 Å². The smallest absolute Gasteiger partial charge is 0.251 e. The molecule has 3 aliphatic rings. The lowest BCUT2D eigenvalue weighted by Gasteiger charge is -2.32. The summed E-state index contributed by atoms with van der Waals surface area (Å²) < 4.78 is 33.1. The Morgan fingerprint density at radius 3 is 2.76 bits per heavy atom. The fourth-order valence-electron chi connectivity index (χ4n) is 5.13. The van der Waals surface area contributed by atoms with Crippen molar-refractivity contribution in [2.75, 3.05) is 46.4 Å². The highest BCUT2D eigenvalue weighted by atomic mass is 35.5. The minimum absolute atomic E-state index is 0.000929. The van der Waals surface area contributed by atoms with E-state index in [0.29, 0.717) is 18.2 Å². The third kappa shape index (κ3) is 5.79. The van der Waals surface area contributed by atoms with Gasteiger partial charge in [0.2, 0.25) is 0 Å². The average Bonchev–Trinajstić information content (AvgIpc) is 3.31. The number of rotatable bonds is 8. The van der Waals surface area contributed by atoms with Crippen LogP contribution < -0.4 is 10.9 Å². The van der Waals surface area contributed by atoms with E-state index in [-0.39, 0.29) is 30.7 Å². The molecule has 0 amide bonds. The maximum absolute atomic E-state index is 13.4. The third-order valence-electron chi connectivity index (χ3n) is 6.99. The summed E-state index contributed by atoms with van der Waals surface area (Å²) in [7, 11) is 1.63. The Hall–Kier alpha value is -3.01. The van der Waals surface area contributed by atoms with E-state index >= 15 is 0 Å². The number of aliphatic imine (C=N–C) groups is 1. The van der Waals surface area contributed by atoms with Gasteiger partial charge in [0.05, 0.1) is 31.5 Å². The van der Waals surface area contributed by atoms with Crippen LogP contribution in [0.1, 0.15) is 17.2 Å². The van der Waals surface area contributed by atoms with Gasteiger partial charge >= 0.3 is 0 Å². The van der Waals surface area contributed by atoms with Crippen LogP contribution in [0.3, 0.4) is 0 Å². The van der Waals surface area contributed by atoms with Crippen molar-refractivity contribution in [1.29, 1.82) is 0 Å². The van der Waals surface area contributed by atoms with Gasteiger partial charge in [0, 0.05) is 55.3 Å². The summed E-state index contributed by atoms with van der Waals surface area (Å²) in [5, 5.41) is 3.84. The van der Waals surface area contributed by atoms with E-state index < -0.39 is 12.5 Å². The number of allylic oxidation sites excluding steroid dienone is 1. The van der Waals surface area contributed by atoms with Gasteiger partial charge in [0.15, 0.2) is 0 Å². The molecule has 0 radical (unpaired) electrons. The largest absolute Gasteiger partial charge is 0.378 e. The van der Waals surface area contributed by atoms with Gasteiger partial charge in [0.25, 0.3) is 12.0 Å². The predicted octanol–water partition coefficient (Wildman–Crippen LogP) is 3.47. The Bertz CT molecular complexity index is 1270. The molecule has 1 aromatic heterocycles. The summed E-state index contributed by atoms with van der Waals surface area (Å²) in [4.78, 5) is 21.9. The van der Waals surface area contributed by atoms with Crippen LogP contribution in [0.4, 0.5) is 8.78 Å². The highest BCUT2D eigenvalue weighted by Crippen LogP contribution is 2.35. The molecule has 0 spiro atoms. The first kappa shape index (κ1) is 25.6. The minimum atomic E-state index is -2.47. The number of benzene rings is 1. The predicted molar refractivity (Wildman–Crippen MR) is 141 cm³/mol. The summed E-state index contributed by atoms with van der Waals surface area (Å²) in [6.45, 7) is 2.88. The molecule has 3 atom stereocenters. The van der Waals surface area contributed by atoms with Crippen LogP contribution in [-0.2, 0) is 4.74 Å². The maximum Gasteiger partial charge on any atom is 0.251 e. The first-order chi connectivity index (χ1) is 17.9. The van der Waals surface area contributed by atoms with Crippen molar-refractivity contribution in [1.82, 2.24) is 19.7 Å². The van der Waals surface area contributed by atoms with Crippen LogP contribution in [0.25, 0.3) is 5.57 Å². The van der Waals surface area contributed by atoms with Crippen LogP contribution in [-0.4, -0.2) is 79.6 Å². The standard InChI is InChI=1S/C27H30ClF2N5O2/c1-33(17-25(29)30)16-24(19-3-2-4-20(28)11-19)35-6-5-18(12-26(35)36)23-15-32-27-22(23)13-21(14-31-27)34-7-9-37-10-8-34/h2-6,11-15,22,24-25,27,32H,7-10,16-17H2,1H3/t22?,24-,27?/m1/s1. The second-order valence-electron chi connectivity index (χ2n) is 9.55. The number of likely N-dealkylation sites (N-methyl/N-ethyl adjacent to an activating group) is 1. The Morgan fingerprint density at radius 1 is 1.22 bits per heavy atom. The molecule has 2 unspecified atom stereocenters. The van der Waals surface area contributed by atoms with Crippen LogP contribution in [0, 0.1) is 5.92 Å². The molecule has 0 aliphatic carbocycles. The first-order valence-corrected chi connectivity index (χ1v) is 12.8. The van der Waals surface area contributed by atoms with Crippen molar-refractivity contribution in [3.05, 3.63) is 87.1 Å². The van der Waals surface area contributed by atoms with Gasteiger partial charge in [-0.3, -0.25) is 14.7 Å². The number of aromatic nitrogens is 1. The quantitative estimate of drug-likeness (QED) is 0.567. The van der Waals surface area contributed by atoms with Crippen molar-refractivity contribution in [3.63, 3.8) is 0 Å². The lowest BCUT2D eigenvalue weighted by Crippen LogP contribution is -2.38. The maximum atomic E-state index is 13.4. The Labute approximate surface area is 219 Å². The molecule has 10 heteroatoms. The lowest BCUT2D eigenvalue weighted by molar-refractivity contribution is 0.0562. The van der Waals surface area contributed by atoms with Gasteiger partial charge < -0.3 is 19.5 Å². The summed E-state index contributed by atoms with van der Waals surface area (Å²) in [5.41, 5.74) is 3.43. The summed E-state index contributed by atoms with van der Waals surface area (Å²) in [6.07, 6.45) is 5.20. The van der Waals surface area contributed by atoms with E-state index in [0.717, 1.165) is 35.5 Å². The zero-order valence-electron chi connectivity index (χ0n) is 20.6. The van der Waals surface area contributed by atoms with Crippen molar-refractivity contribution >= 4 is 23.4 Å². The zero-order chi connectivity index (χ0) is 25.9. The Morgan fingerprint density at radius 2 is 2.03 bits per heavy atom. The Balaban J connectivity index is 1.42. The number of pyridine rings is 1. The van der Waals surface area contributed by atoms with E-state index in [9.17, 15) is 13.6 Å². The molecular weight excluding hydrogens is 500 g/mol. The molecule has 7 nitrogen and oxygen atoms in total. The average molecular weight is 530 g/mol. The monoisotopic (exact) mass is 529 g/mol. The van der Waals surface area contributed by atoms with E-state index in [1.807, 2.05) is 24.5 Å². The first-order valence-electron chi connectivity index (χ1n) is 12.4. The number of hydrogen-bond acceptors (Lipinski definition) is 6. The van der Waals surface area contributed by atoms with Crippen molar-refractivity contribution in [2.45, 2.75) is 18.6 Å². The molecule has 0 saturated carbocycles. The highest BCUT2D eigenvalue weighted by Gasteiger charge is 2.32. The fraction of sp³-hybridized carbons (Fsp3) is 0.407. The normalized spacial score (nSPS) is 22.1. The molecule has 196 valence electrons. The molecule has 4 heterocycles. The molecule has 1 fully saturated rings. The van der Waals surface area contributed by atoms with Crippen LogP contribution in [0.2, 0.25) is 5.02 Å². The molecule has 5 rings (SSSR count). The molecule has 1 saturated heterocycles. The van der Waals surface area contributed by atoms with Crippen LogP contribution in [0.5, 0.6) is 0 Å². The number of alkyl halides is 2. The molecule has 1 aromatic carbocycles. The zero-order valence-corrected chi connectivity index (χ0v) is 21.3. The lowest BCUT2D eigenvalue weighted by atomic mass is 9.91. The number of halogens is 3. The van der Waals surface area contributed by atoms with Crippen LogP contribution in [0.15, 0.2) is 70.4 Å². The number of fused-ring (bicyclic) bond motifs is 1. The SMILES string of the molecule is CN(CC(F)F)C[C@H](c1cccc(Cl)c1)n1ccc(C2=CNC3N=CC(N4CCOCC4)=CC23)cc1=O. The number of dihydropyridines is 1. The number of nitrogens with one attached hydrogen (secondary N) is 1. The number of hydrogen-bond donors (Lipinski definition) is 1. The van der Waals surface area contributed by atoms with Crippen molar-refractivity contribution in [3.8, 4) is 0 Å². The number of ether oxygens (including phenoxy) is 1. The van der Waals surface area contributed by atoms with Gasteiger partial charge in [-0.2, -0.15) is 0 Å².